The summed E-state index contributed by atoms with van der Waals surface area (Å²) in [6.45, 7) is -2.57. The number of rotatable bonds is 9. The predicted molar refractivity (Wildman–Crippen MR) is 95.0 cm³/mol. The molecule has 0 radical (unpaired) electrons. The molecule has 0 spiro atoms. The highest BCUT2D eigenvalue weighted by atomic mass is 19.3. The molecule has 3 rings (SSSR count). The highest BCUT2D eigenvalue weighted by Crippen LogP contribution is 2.20. The van der Waals surface area contributed by atoms with Gasteiger partial charge in [0.2, 0.25) is 12.3 Å². The smallest absolute Gasteiger partial charge is 0.387 e. The van der Waals surface area contributed by atoms with E-state index in [9.17, 15) is 13.6 Å². The molecule has 9 heteroatoms. The summed E-state index contributed by atoms with van der Waals surface area (Å²) in [5.41, 5.74) is 1.64. The molecule has 146 valence electrons. The van der Waals surface area contributed by atoms with Gasteiger partial charge in [0.05, 0.1) is 0 Å². The number of aromatic nitrogens is 2. The fraction of sp³-hybridized carbons (Fsp3) is 0.211. The Balaban J connectivity index is 1.37. The van der Waals surface area contributed by atoms with Crippen molar-refractivity contribution in [2.75, 3.05) is 13.2 Å². The molecule has 7 nitrogen and oxygen atoms in total. The van der Waals surface area contributed by atoms with Crippen molar-refractivity contribution in [3.05, 3.63) is 60.5 Å². The van der Waals surface area contributed by atoms with Gasteiger partial charge in [-0.05, 0) is 48.4 Å². The van der Waals surface area contributed by atoms with Crippen LogP contribution in [0.1, 0.15) is 5.56 Å². The third kappa shape index (κ3) is 5.76. The number of hydrogen-bond donors (Lipinski definition) is 1. The topological polar surface area (TPSA) is 86.5 Å². The summed E-state index contributed by atoms with van der Waals surface area (Å²) in [4.78, 5) is 11.9. The van der Waals surface area contributed by atoms with Crippen LogP contribution in [0.4, 0.5) is 8.78 Å². The minimum atomic E-state index is -2.85. The Bertz CT molecular complexity index is 869. The van der Waals surface area contributed by atoms with Crippen molar-refractivity contribution in [1.82, 2.24) is 15.5 Å². The minimum absolute atomic E-state index is 0.0984. The van der Waals surface area contributed by atoms with E-state index in [0.717, 1.165) is 11.1 Å². The van der Waals surface area contributed by atoms with Crippen LogP contribution < -0.4 is 14.8 Å². The molecular weight excluding hydrogens is 372 g/mol. The van der Waals surface area contributed by atoms with E-state index >= 15 is 0 Å². The summed E-state index contributed by atoms with van der Waals surface area (Å²) in [5, 5.41) is 10.1. The summed E-state index contributed by atoms with van der Waals surface area (Å²) < 4.78 is 39.0. The number of amides is 1. The van der Waals surface area contributed by atoms with Crippen molar-refractivity contribution >= 4 is 5.91 Å². The van der Waals surface area contributed by atoms with E-state index in [2.05, 4.69) is 20.3 Å². The predicted octanol–water partition coefficient (Wildman–Crippen LogP) is 3.08. The average Bonchev–Trinajstić information content (AvgIpc) is 3.22. The fourth-order valence-corrected chi connectivity index (χ4v) is 2.38. The standard InChI is InChI=1S/C19H17F2N3O4/c20-19(21)28-16-5-1-13(2-6-16)9-10-22-17(25)11-26-15-7-3-14(4-8-15)18-24-23-12-27-18/h1-8,12,19H,9-11H2,(H,22,25). The molecule has 0 bridgehead atoms. The Kier molecular flexibility index (Phi) is 6.50. The summed E-state index contributed by atoms with van der Waals surface area (Å²) in [6.07, 6.45) is 1.80. The molecule has 0 atom stereocenters. The lowest BCUT2D eigenvalue weighted by Crippen LogP contribution is -2.30. The lowest BCUT2D eigenvalue weighted by molar-refractivity contribution is -0.123. The van der Waals surface area contributed by atoms with Gasteiger partial charge in [-0.2, -0.15) is 8.78 Å². The van der Waals surface area contributed by atoms with Gasteiger partial charge in [0.15, 0.2) is 6.61 Å². The lowest BCUT2D eigenvalue weighted by Gasteiger charge is -2.08. The second-order valence-corrected chi connectivity index (χ2v) is 5.68. The van der Waals surface area contributed by atoms with E-state index in [-0.39, 0.29) is 18.3 Å². The zero-order chi connectivity index (χ0) is 19.8. The largest absolute Gasteiger partial charge is 0.484 e. The Morgan fingerprint density at radius 1 is 1.07 bits per heavy atom. The molecule has 0 aliphatic heterocycles. The number of ether oxygens (including phenoxy) is 2. The number of carbonyl (C=O) groups is 1. The Morgan fingerprint density at radius 2 is 1.79 bits per heavy atom. The Labute approximate surface area is 159 Å². The van der Waals surface area contributed by atoms with Crippen LogP contribution in [0, 0.1) is 0 Å². The van der Waals surface area contributed by atoms with Gasteiger partial charge in [0.1, 0.15) is 11.5 Å². The molecule has 1 amide bonds. The zero-order valence-corrected chi connectivity index (χ0v) is 14.7. The molecule has 1 aromatic heterocycles. The van der Waals surface area contributed by atoms with Crippen LogP contribution in [0.3, 0.4) is 0 Å². The maximum absolute atomic E-state index is 12.1. The van der Waals surface area contributed by atoms with E-state index in [4.69, 9.17) is 9.15 Å². The summed E-state index contributed by atoms with van der Waals surface area (Å²) in [5.74, 6) is 0.769. The Morgan fingerprint density at radius 3 is 2.43 bits per heavy atom. The van der Waals surface area contributed by atoms with E-state index in [1.54, 1.807) is 36.4 Å². The first-order chi connectivity index (χ1) is 13.6. The van der Waals surface area contributed by atoms with Crippen molar-refractivity contribution in [2.24, 2.45) is 0 Å². The zero-order valence-electron chi connectivity index (χ0n) is 14.7. The molecule has 2 aromatic carbocycles. The van der Waals surface area contributed by atoms with Crippen molar-refractivity contribution in [3.63, 3.8) is 0 Å². The SMILES string of the molecule is O=C(COc1ccc(-c2nnco2)cc1)NCCc1ccc(OC(F)F)cc1. The second-order valence-electron chi connectivity index (χ2n) is 5.68. The number of benzene rings is 2. The maximum Gasteiger partial charge on any atom is 0.387 e. The molecule has 1 heterocycles. The van der Waals surface area contributed by atoms with Gasteiger partial charge >= 0.3 is 6.61 Å². The van der Waals surface area contributed by atoms with Gasteiger partial charge < -0.3 is 19.2 Å². The van der Waals surface area contributed by atoms with Gasteiger partial charge in [0, 0.05) is 12.1 Å². The molecule has 0 saturated heterocycles. The molecule has 3 aromatic rings. The van der Waals surface area contributed by atoms with E-state index < -0.39 is 6.61 Å². The van der Waals surface area contributed by atoms with E-state index in [1.165, 1.54) is 18.5 Å². The minimum Gasteiger partial charge on any atom is -0.484 e. The highest BCUT2D eigenvalue weighted by Gasteiger charge is 2.06. The number of alkyl halides is 2. The lowest BCUT2D eigenvalue weighted by atomic mass is 10.1. The van der Waals surface area contributed by atoms with Crippen LogP contribution in [0.25, 0.3) is 11.5 Å². The molecule has 0 aliphatic carbocycles. The van der Waals surface area contributed by atoms with Gasteiger partial charge in [-0.25, -0.2) is 0 Å². The first-order valence-electron chi connectivity index (χ1n) is 8.40. The second kappa shape index (κ2) is 9.45. The third-order valence-electron chi connectivity index (χ3n) is 3.72. The normalized spacial score (nSPS) is 10.7. The quantitative estimate of drug-likeness (QED) is 0.605. The summed E-state index contributed by atoms with van der Waals surface area (Å²) in [6, 6.07) is 13.2. The highest BCUT2D eigenvalue weighted by molar-refractivity contribution is 5.77. The van der Waals surface area contributed by atoms with E-state index in [0.29, 0.717) is 24.6 Å². The van der Waals surface area contributed by atoms with Crippen LogP contribution in [0.15, 0.2) is 59.3 Å². The Hall–Kier alpha value is -3.49. The fourth-order valence-electron chi connectivity index (χ4n) is 2.38. The average molecular weight is 389 g/mol. The van der Waals surface area contributed by atoms with Crippen LogP contribution in [0.5, 0.6) is 11.5 Å². The molecule has 0 fully saturated rings. The van der Waals surface area contributed by atoms with Crippen LogP contribution in [-0.4, -0.2) is 35.9 Å². The number of carbonyl (C=O) groups excluding carboxylic acids is 1. The van der Waals surface area contributed by atoms with Crippen LogP contribution in [-0.2, 0) is 11.2 Å². The molecule has 1 N–H and O–H groups in total. The molecule has 0 aliphatic rings. The van der Waals surface area contributed by atoms with Crippen LogP contribution >= 0.6 is 0 Å². The van der Waals surface area contributed by atoms with Crippen LogP contribution in [0.2, 0.25) is 0 Å². The van der Waals surface area contributed by atoms with Crippen molar-refractivity contribution in [2.45, 2.75) is 13.0 Å². The third-order valence-corrected chi connectivity index (χ3v) is 3.72. The summed E-state index contributed by atoms with van der Waals surface area (Å²) in [7, 11) is 0. The van der Waals surface area contributed by atoms with Gasteiger partial charge in [-0.3, -0.25) is 4.79 Å². The van der Waals surface area contributed by atoms with Gasteiger partial charge in [0.25, 0.3) is 5.91 Å². The van der Waals surface area contributed by atoms with Crippen molar-refractivity contribution in [1.29, 1.82) is 0 Å². The van der Waals surface area contributed by atoms with Gasteiger partial charge in [-0.1, -0.05) is 12.1 Å². The number of halogens is 2. The number of hydrogen-bond acceptors (Lipinski definition) is 6. The molecule has 0 unspecified atom stereocenters. The maximum atomic E-state index is 12.1. The first-order valence-corrected chi connectivity index (χ1v) is 8.40. The van der Waals surface area contributed by atoms with Crippen molar-refractivity contribution in [3.8, 4) is 23.0 Å². The van der Waals surface area contributed by atoms with Gasteiger partial charge in [-0.15, -0.1) is 10.2 Å². The number of nitrogens with one attached hydrogen (secondary N) is 1. The molecule has 28 heavy (non-hydrogen) atoms. The first kappa shape index (κ1) is 19.3. The number of nitrogens with zero attached hydrogens (tertiary/aromatic N) is 2. The van der Waals surface area contributed by atoms with E-state index in [1.807, 2.05) is 0 Å². The molecule has 0 saturated carbocycles. The monoisotopic (exact) mass is 389 g/mol. The molecular formula is C19H17F2N3O4. The summed E-state index contributed by atoms with van der Waals surface area (Å²) >= 11 is 0. The van der Waals surface area contributed by atoms with Crippen molar-refractivity contribution < 1.29 is 27.5 Å².